The van der Waals surface area contributed by atoms with Crippen LogP contribution in [0.15, 0.2) is 61.1 Å². The smallest absolute Gasteiger partial charge is 0.255 e. The van der Waals surface area contributed by atoms with E-state index in [1.54, 1.807) is 24.1 Å². The fourth-order valence-corrected chi connectivity index (χ4v) is 10.3. The molecular weight excluding hydrogens is 884 g/mol. The molecule has 3 amide bonds. The van der Waals surface area contributed by atoms with Gasteiger partial charge >= 0.3 is 0 Å². The van der Waals surface area contributed by atoms with E-state index in [1.807, 2.05) is 12.1 Å². The highest BCUT2D eigenvalue weighted by atomic mass is 35.5. The number of benzene rings is 3. The standard InChI is InChI=1S/C46H53ClN12O6S/c1-4-29-24-36(52-46-50-26-33(47)43(54-46)51-35-8-7-34-41(49-15-14-48-34)42(35)55-66(3,63)64)39(65-2)25-38(29)58-17-12-31(13-18-58)57-21-19-56(20-22-57)16-11-28-5-6-32-30(23-28)27-59(45(32)62)37-9-10-40(60)53-44(37)61/h5-8,14-15,23-26,31,37,55H,4,9-13,16-22,27H2,1-3H3,(H,53,60,61)(H2,50,51,52,54). The summed E-state index contributed by atoms with van der Waals surface area (Å²) < 4.78 is 33.1. The van der Waals surface area contributed by atoms with Gasteiger partial charge in [0.2, 0.25) is 27.8 Å². The highest BCUT2D eigenvalue weighted by Crippen LogP contribution is 2.38. The third-order valence-corrected chi connectivity index (χ3v) is 13.8. The average Bonchev–Trinajstić information content (AvgIpc) is 3.64. The number of aryl methyl sites for hydroxylation is 1. The molecule has 4 N–H and O–H groups in total. The Kier molecular flexibility index (Phi) is 13.0. The zero-order valence-corrected chi connectivity index (χ0v) is 38.7. The molecule has 1 atom stereocenters. The summed E-state index contributed by atoms with van der Waals surface area (Å²) in [5, 5.41) is 9.08. The number of anilines is 6. The number of nitrogens with one attached hydrogen (secondary N) is 4. The molecule has 346 valence electrons. The van der Waals surface area contributed by atoms with E-state index in [4.69, 9.17) is 16.3 Å². The minimum Gasteiger partial charge on any atom is -0.494 e. The van der Waals surface area contributed by atoms with Gasteiger partial charge in [-0.05, 0) is 73.1 Å². The predicted molar refractivity (Wildman–Crippen MR) is 253 cm³/mol. The first-order valence-electron chi connectivity index (χ1n) is 22.3. The topological polar surface area (TPSA) is 207 Å². The van der Waals surface area contributed by atoms with Crippen LogP contribution in [0.25, 0.3) is 11.0 Å². The second-order valence-corrected chi connectivity index (χ2v) is 19.4. The molecule has 3 aromatic carbocycles. The molecule has 1 unspecified atom stereocenters. The summed E-state index contributed by atoms with van der Waals surface area (Å²) in [6, 6.07) is 13.5. The maximum absolute atomic E-state index is 13.1. The normalized spacial score (nSPS) is 18.7. The molecule has 0 bridgehead atoms. The lowest BCUT2D eigenvalue weighted by Gasteiger charge is -2.43. The van der Waals surface area contributed by atoms with Gasteiger partial charge in [0, 0.05) is 94.5 Å². The Morgan fingerprint density at radius 3 is 2.44 bits per heavy atom. The number of ether oxygens (including phenoxy) is 1. The number of nitrogens with zero attached hydrogens (tertiary/aromatic N) is 8. The Morgan fingerprint density at radius 1 is 0.909 bits per heavy atom. The van der Waals surface area contributed by atoms with E-state index in [0.717, 1.165) is 94.6 Å². The number of methoxy groups -OCH3 is 1. The number of hydrogen-bond acceptors (Lipinski definition) is 15. The summed E-state index contributed by atoms with van der Waals surface area (Å²) in [5.41, 5.74) is 7.26. The summed E-state index contributed by atoms with van der Waals surface area (Å²) in [6.45, 7) is 9.41. The van der Waals surface area contributed by atoms with E-state index in [2.05, 4.69) is 80.4 Å². The van der Waals surface area contributed by atoms with Gasteiger partial charge in [-0.15, -0.1) is 0 Å². The molecule has 20 heteroatoms. The monoisotopic (exact) mass is 936 g/mol. The average molecular weight is 938 g/mol. The van der Waals surface area contributed by atoms with Crippen LogP contribution >= 0.6 is 11.6 Å². The molecule has 4 aliphatic heterocycles. The van der Waals surface area contributed by atoms with Crippen LogP contribution in [0.1, 0.15) is 59.7 Å². The van der Waals surface area contributed by atoms with Crippen molar-refractivity contribution in [3.05, 3.63) is 88.3 Å². The van der Waals surface area contributed by atoms with Crippen molar-refractivity contribution in [1.82, 2.24) is 40.0 Å². The first-order chi connectivity index (χ1) is 31.8. The molecule has 5 aromatic rings. The number of rotatable bonds is 14. The van der Waals surface area contributed by atoms with Crippen LogP contribution in [0.2, 0.25) is 5.02 Å². The molecule has 0 saturated carbocycles. The van der Waals surface area contributed by atoms with Gasteiger partial charge in [0.25, 0.3) is 5.91 Å². The molecule has 66 heavy (non-hydrogen) atoms. The Labute approximate surface area is 388 Å². The Morgan fingerprint density at radius 2 is 1.70 bits per heavy atom. The van der Waals surface area contributed by atoms with Crippen LogP contribution in [-0.2, 0) is 39.0 Å². The number of carbonyl (C=O) groups excluding carboxylic acids is 3. The molecule has 3 fully saturated rings. The summed E-state index contributed by atoms with van der Waals surface area (Å²) in [7, 11) is -2.03. The fraction of sp³-hybridized carbons (Fsp3) is 0.413. The molecule has 2 aromatic heterocycles. The Balaban J connectivity index is 0.789. The van der Waals surface area contributed by atoms with Gasteiger partial charge in [0.15, 0.2) is 5.82 Å². The minimum atomic E-state index is -3.67. The molecule has 18 nitrogen and oxygen atoms in total. The molecule has 0 radical (unpaired) electrons. The molecule has 3 saturated heterocycles. The van der Waals surface area contributed by atoms with Crippen LogP contribution in [0.5, 0.6) is 5.75 Å². The molecule has 4 aliphatic rings. The van der Waals surface area contributed by atoms with Crippen molar-refractivity contribution < 1.29 is 27.5 Å². The van der Waals surface area contributed by atoms with Crippen LogP contribution in [0, 0.1) is 0 Å². The van der Waals surface area contributed by atoms with Crippen LogP contribution in [0.4, 0.5) is 34.5 Å². The van der Waals surface area contributed by atoms with Crippen molar-refractivity contribution in [2.24, 2.45) is 0 Å². The second kappa shape index (κ2) is 19.0. The van der Waals surface area contributed by atoms with Gasteiger partial charge in [0.05, 0.1) is 42.1 Å². The van der Waals surface area contributed by atoms with Gasteiger partial charge in [-0.25, -0.2) is 13.4 Å². The van der Waals surface area contributed by atoms with Crippen molar-refractivity contribution >= 4 is 84.9 Å². The molecule has 6 heterocycles. The number of piperidine rings is 2. The fourth-order valence-electron chi connectivity index (χ4n) is 9.54. The number of hydrogen-bond donors (Lipinski definition) is 4. The summed E-state index contributed by atoms with van der Waals surface area (Å²) in [5.74, 6) is 0.342. The van der Waals surface area contributed by atoms with Crippen LogP contribution in [-0.4, -0.2) is 132 Å². The van der Waals surface area contributed by atoms with Crippen LogP contribution in [0.3, 0.4) is 0 Å². The maximum atomic E-state index is 13.1. The third kappa shape index (κ3) is 9.70. The lowest BCUT2D eigenvalue weighted by atomic mass is 9.99. The lowest BCUT2D eigenvalue weighted by Crippen LogP contribution is -2.53. The van der Waals surface area contributed by atoms with Crippen molar-refractivity contribution in [3.63, 3.8) is 0 Å². The zero-order valence-electron chi connectivity index (χ0n) is 37.1. The number of amides is 3. The van der Waals surface area contributed by atoms with E-state index < -0.39 is 16.1 Å². The molecule has 9 rings (SSSR count). The van der Waals surface area contributed by atoms with Crippen molar-refractivity contribution in [3.8, 4) is 5.75 Å². The summed E-state index contributed by atoms with van der Waals surface area (Å²) >= 11 is 6.57. The SMILES string of the molecule is CCc1cc(Nc2ncc(Cl)c(Nc3ccc4nccnc4c3NS(C)(=O)=O)n2)c(OC)cc1N1CCC(N2CCN(CCc3ccc4c(c3)CN(C3CCC(=O)NC3=O)C4=O)CC2)CC1. The molecule has 0 aliphatic carbocycles. The van der Waals surface area contributed by atoms with Crippen molar-refractivity contribution in [1.29, 1.82) is 0 Å². The van der Waals surface area contributed by atoms with E-state index in [-0.39, 0.29) is 46.6 Å². The summed E-state index contributed by atoms with van der Waals surface area (Å²) in [6.07, 6.45) is 9.98. The lowest BCUT2D eigenvalue weighted by molar-refractivity contribution is -0.136. The van der Waals surface area contributed by atoms with Gasteiger partial charge < -0.3 is 30.1 Å². The van der Waals surface area contributed by atoms with Gasteiger partial charge in [0.1, 0.15) is 22.3 Å². The van der Waals surface area contributed by atoms with E-state index in [0.29, 0.717) is 52.7 Å². The van der Waals surface area contributed by atoms with Crippen molar-refractivity contribution in [2.45, 2.75) is 64.1 Å². The first-order valence-corrected chi connectivity index (χ1v) is 24.6. The van der Waals surface area contributed by atoms with Crippen LogP contribution < -0.4 is 30.3 Å². The maximum Gasteiger partial charge on any atom is 0.255 e. The highest BCUT2D eigenvalue weighted by molar-refractivity contribution is 7.92. The quantitative estimate of drug-likeness (QED) is 0.107. The Hall–Kier alpha value is -6.15. The highest BCUT2D eigenvalue weighted by Gasteiger charge is 2.39. The number of aromatic nitrogens is 4. The van der Waals surface area contributed by atoms with E-state index in [9.17, 15) is 22.8 Å². The number of fused-ring (bicyclic) bond motifs is 2. The predicted octanol–water partition coefficient (Wildman–Crippen LogP) is 5.09. The number of imide groups is 1. The van der Waals surface area contributed by atoms with Crippen molar-refractivity contribution in [2.75, 3.05) is 79.4 Å². The second-order valence-electron chi connectivity index (χ2n) is 17.2. The van der Waals surface area contributed by atoms with Gasteiger partial charge in [-0.2, -0.15) is 4.98 Å². The first kappa shape index (κ1) is 45.0. The van der Waals surface area contributed by atoms with E-state index >= 15 is 0 Å². The zero-order chi connectivity index (χ0) is 46.1. The van der Waals surface area contributed by atoms with E-state index in [1.165, 1.54) is 24.2 Å². The summed E-state index contributed by atoms with van der Waals surface area (Å²) in [4.78, 5) is 64.2. The Bertz CT molecular complexity index is 2800. The number of carbonyl (C=O) groups is 3. The molecular formula is C46H53ClN12O6S. The number of piperazine rings is 1. The number of halogens is 1. The molecule has 0 spiro atoms. The largest absolute Gasteiger partial charge is 0.494 e. The van der Waals surface area contributed by atoms with Gasteiger partial charge in [-0.1, -0.05) is 30.7 Å². The van der Waals surface area contributed by atoms with Gasteiger partial charge in [-0.3, -0.25) is 39.3 Å². The minimum absolute atomic E-state index is 0.140. The number of sulfonamides is 1. The third-order valence-electron chi connectivity index (χ3n) is 13.0.